The summed E-state index contributed by atoms with van der Waals surface area (Å²) in [6, 6.07) is 46.8. The van der Waals surface area contributed by atoms with Crippen molar-refractivity contribution >= 4 is 32.8 Å². The molecule has 0 fully saturated rings. The lowest BCUT2D eigenvalue weighted by molar-refractivity contribution is 0.463. The molecule has 5 rings (SSSR count). The summed E-state index contributed by atoms with van der Waals surface area (Å²) in [5, 5.41) is 0. The maximum Gasteiger partial charge on any atom is 0.180 e. The van der Waals surface area contributed by atoms with Crippen molar-refractivity contribution in [3.05, 3.63) is 145 Å². The molecule has 0 N–H and O–H groups in total. The molecule has 0 spiro atoms. The average Bonchev–Trinajstić information content (AvgIpc) is 2.92. The van der Waals surface area contributed by atoms with E-state index in [1.54, 1.807) is 12.1 Å². The Morgan fingerprint density at radius 1 is 0.595 bits per heavy atom. The van der Waals surface area contributed by atoms with E-state index >= 15 is 0 Å². The molecule has 0 aliphatic rings. The van der Waals surface area contributed by atoms with E-state index in [9.17, 15) is 13.0 Å². The molecule has 0 saturated carbocycles. The summed E-state index contributed by atoms with van der Waals surface area (Å²) in [6.07, 6.45) is 0. The Morgan fingerprint density at radius 2 is 1.05 bits per heavy atom. The lowest BCUT2D eigenvalue weighted by atomic mass is 10.2. The van der Waals surface area contributed by atoms with Crippen LogP contribution in [0, 0.1) is 6.92 Å². The van der Waals surface area contributed by atoms with E-state index in [4.69, 9.17) is 0 Å². The van der Waals surface area contributed by atoms with E-state index < -0.39 is 10.1 Å². The van der Waals surface area contributed by atoms with Gasteiger partial charge in [-0.2, -0.15) is 0 Å². The molecule has 6 heteroatoms. The van der Waals surface area contributed by atoms with Crippen molar-refractivity contribution in [2.75, 3.05) is 0 Å². The van der Waals surface area contributed by atoms with Gasteiger partial charge in [-0.05, 0) is 67.6 Å². The van der Waals surface area contributed by atoms with Gasteiger partial charge in [0, 0.05) is 4.90 Å². The third kappa shape index (κ3) is 7.60. The summed E-state index contributed by atoms with van der Waals surface area (Å²) in [5.41, 5.74) is 0.928. The molecular weight excluding hydrogens is 517 g/mol. The molecule has 0 heterocycles. The van der Waals surface area contributed by atoms with E-state index in [1.807, 2.05) is 18.7 Å². The zero-order valence-electron chi connectivity index (χ0n) is 20.2. The lowest BCUT2D eigenvalue weighted by Gasteiger charge is -2.11. The third-order valence-corrected chi connectivity index (χ3v) is 9.65. The maximum absolute atomic E-state index is 10.4. The van der Waals surface area contributed by atoms with Crippen molar-refractivity contribution in [1.29, 1.82) is 0 Å². The fourth-order valence-corrected chi connectivity index (χ4v) is 7.36. The molecular formula is C31H26O3S3. The molecule has 0 aliphatic heterocycles. The van der Waals surface area contributed by atoms with Crippen LogP contribution in [0.3, 0.4) is 0 Å². The molecule has 0 bridgehead atoms. The lowest BCUT2D eigenvalue weighted by Crippen LogP contribution is -2.05. The second kappa shape index (κ2) is 12.8. The average molecular weight is 543 g/mol. The summed E-state index contributed by atoms with van der Waals surface area (Å²) in [7, 11) is -4.39. The van der Waals surface area contributed by atoms with Gasteiger partial charge in [-0.1, -0.05) is 96.2 Å². The van der Waals surface area contributed by atoms with Crippen molar-refractivity contribution in [3.8, 4) is 0 Å². The second-order valence-corrected chi connectivity index (χ2v) is 12.6. The van der Waals surface area contributed by atoms with Crippen LogP contribution in [0.25, 0.3) is 0 Å². The van der Waals surface area contributed by atoms with Gasteiger partial charge < -0.3 is 4.55 Å². The Hall–Kier alpha value is -3.29. The molecule has 0 saturated heterocycles. The normalized spacial score (nSPS) is 11.0. The second-order valence-electron chi connectivity index (χ2n) is 8.06. The van der Waals surface area contributed by atoms with Crippen molar-refractivity contribution in [2.24, 2.45) is 0 Å². The molecule has 0 aromatic heterocycles. The van der Waals surface area contributed by atoms with Crippen molar-refractivity contribution in [1.82, 2.24) is 0 Å². The Labute approximate surface area is 226 Å². The van der Waals surface area contributed by atoms with Crippen LogP contribution in [0.15, 0.2) is 169 Å². The smallest absolute Gasteiger partial charge is 0.180 e. The fraction of sp³-hybridized carbons (Fsp3) is 0.0323. The Bertz CT molecular complexity index is 1470. The Balaban J connectivity index is 0.000000245. The van der Waals surface area contributed by atoms with Crippen LogP contribution < -0.4 is 0 Å². The number of benzene rings is 5. The third-order valence-electron chi connectivity index (χ3n) is 5.31. The maximum atomic E-state index is 10.4. The minimum Gasteiger partial charge on any atom is -0.744 e. The molecule has 0 aliphatic carbocycles. The first-order valence-corrected chi connectivity index (χ1v) is 15.1. The van der Waals surface area contributed by atoms with Crippen LogP contribution in [0.4, 0.5) is 0 Å². The van der Waals surface area contributed by atoms with Gasteiger partial charge in [0.15, 0.2) is 14.7 Å². The van der Waals surface area contributed by atoms with Gasteiger partial charge in [-0.15, -0.1) is 0 Å². The SMILES string of the molecule is Cc1ccc(S(=O)(=O)[O-])cc1.c1ccc(Sc2ccccc2[S+](c2ccccc2)c2ccccc2)cc1. The molecule has 186 valence electrons. The van der Waals surface area contributed by atoms with Gasteiger partial charge >= 0.3 is 0 Å². The van der Waals surface area contributed by atoms with E-state index in [0.29, 0.717) is 0 Å². The number of hydrogen-bond acceptors (Lipinski definition) is 4. The van der Waals surface area contributed by atoms with Crippen molar-refractivity contribution in [3.63, 3.8) is 0 Å². The number of hydrogen-bond donors (Lipinski definition) is 0. The van der Waals surface area contributed by atoms with Gasteiger partial charge in [0.2, 0.25) is 0 Å². The minimum absolute atomic E-state index is 0.121. The molecule has 37 heavy (non-hydrogen) atoms. The van der Waals surface area contributed by atoms with Crippen molar-refractivity contribution in [2.45, 2.75) is 36.3 Å². The Kier molecular flexibility index (Phi) is 9.25. The minimum atomic E-state index is -4.27. The molecule has 0 amide bonds. The highest BCUT2D eigenvalue weighted by Gasteiger charge is 2.31. The van der Waals surface area contributed by atoms with Crippen LogP contribution in [-0.2, 0) is 21.0 Å². The first kappa shape index (κ1) is 26.8. The summed E-state index contributed by atoms with van der Waals surface area (Å²) < 4.78 is 31.2. The highest BCUT2D eigenvalue weighted by Crippen LogP contribution is 2.39. The molecule has 0 atom stereocenters. The van der Waals surface area contributed by atoms with Crippen LogP contribution in [0.1, 0.15) is 5.56 Å². The van der Waals surface area contributed by atoms with Crippen LogP contribution in [0.2, 0.25) is 0 Å². The highest BCUT2D eigenvalue weighted by atomic mass is 32.2. The summed E-state index contributed by atoms with van der Waals surface area (Å²) in [5.74, 6) is 0. The topological polar surface area (TPSA) is 57.2 Å². The zero-order valence-corrected chi connectivity index (χ0v) is 22.7. The molecule has 0 unspecified atom stereocenters. The quantitative estimate of drug-likeness (QED) is 0.162. The number of rotatable bonds is 6. The summed E-state index contributed by atoms with van der Waals surface area (Å²) in [6.45, 7) is 1.82. The van der Waals surface area contributed by atoms with Gasteiger partial charge in [0.1, 0.15) is 21.0 Å². The fourth-order valence-electron chi connectivity index (χ4n) is 3.53. The molecule has 5 aromatic carbocycles. The van der Waals surface area contributed by atoms with Crippen molar-refractivity contribution < 1.29 is 13.0 Å². The van der Waals surface area contributed by atoms with E-state index in [1.165, 1.54) is 36.6 Å². The number of aryl methyl sites for hydroxylation is 1. The first-order chi connectivity index (χ1) is 17.9. The summed E-state index contributed by atoms with van der Waals surface area (Å²) in [4.78, 5) is 6.47. The van der Waals surface area contributed by atoms with E-state index in [-0.39, 0.29) is 15.8 Å². The van der Waals surface area contributed by atoms with Crippen LogP contribution in [0.5, 0.6) is 0 Å². The largest absolute Gasteiger partial charge is 0.744 e. The van der Waals surface area contributed by atoms with E-state index in [2.05, 4.69) is 115 Å². The standard InChI is InChI=1S/C24H19S2.C7H8O3S/c1-4-12-20(13-5-1)25-23-18-10-11-19-24(23)26(21-14-6-2-7-15-21)22-16-8-3-9-17-22;1-6-2-4-7(5-3-6)11(8,9)10/h1-19H;2-5H,1H3,(H,8,9,10)/q+1;/p-1. The van der Waals surface area contributed by atoms with Gasteiger partial charge in [-0.25, -0.2) is 8.42 Å². The summed E-state index contributed by atoms with van der Waals surface area (Å²) >= 11 is 1.84. The Morgan fingerprint density at radius 3 is 1.57 bits per heavy atom. The molecule has 3 nitrogen and oxygen atoms in total. The highest BCUT2D eigenvalue weighted by molar-refractivity contribution is 8.01. The van der Waals surface area contributed by atoms with E-state index in [0.717, 1.165) is 5.56 Å². The predicted octanol–water partition coefficient (Wildman–Crippen LogP) is 7.83. The van der Waals surface area contributed by atoms with Crippen LogP contribution >= 0.6 is 11.8 Å². The molecule has 0 radical (unpaired) electrons. The monoisotopic (exact) mass is 542 g/mol. The van der Waals surface area contributed by atoms with Gasteiger partial charge in [-0.3, -0.25) is 0 Å². The first-order valence-electron chi connectivity index (χ1n) is 11.6. The van der Waals surface area contributed by atoms with Crippen LogP contribution in [-0.4, -0.2) is 13.0 Å². The van der Waals surface area contributed by atoms with Gasteiger partial charge in [0.25, 0.3) is 0 Å². The molecule has 5 aromatic rings. The zero-order chi connectivity index (χ0) is 26.1. The predicted molar refractivity (Wildman–Crippen MR) is 151 cm³/mol. The van der Waals surface area contributed by atoms with Gasteiger partial charge in [0.05, 0.1) is 9.79 Å².